The quantitative estimate of drug-likeness (QED) is 0.660. The second-order valence-electron chi connectivity index (χ2n) is 6.02. The van der Waals surface area contributed by atoms with Crippen LogP contribution < -0.4 is 10.6 Å². The molecule has 7 heteroatoms. The Kier molecular flexibility index (Phi) is 7.37. The van der Waals surface area contributed by atoms with Crippen LogP contribution in [-0.4, -0.2) is 35.2 Å². The smallest absolute Gasteiger partial charge is 0.408 e. The lowest BCUT2D eigenvalue weighted by molar-refractivity contribution is -0.142. The Morgan fingerprint density at radius 1 is 0.926 bits per heavy atom. The average Bonchev–Trinajstić information content (AvgIpc) is 2.67. The van der Waals surface area contributed by atoms with E-state index in [2.05, 4.69) is 10.6 Å². The van der Waals surface area contributed by atoms with Crippen molar-refractivity contribution in [2.75, 3.05) is 0 Å². The molecular weight excluding hydrogens is 348 g/mol. The van der Waals surface area contributed by atoms with Gasteiger partial charge in [-0.2, -0.15) is 0 Å². The van der Waals surface area contributed by atoms with Gasteiger partial charge in [0.15, 0.2) is 0 Å². The summed E-state index contributed by atoms with van der Waals surface area (Å²) in [4.78, 5) is 35.4. The number of hydrogen-bond donors (Lipinski definition) is 3. The van der Waals surface area contributed by atoms with Crippen LogP contribution in [0.15, 0.2) is 60.7 Å². The highest BCUT2D eigenvalue weighted by Gasteiger charge is 2.24. The van der Waals surface area contributed by atoms with Crippen molar-refractivity contribution in [3.63, 3.8) is 0 Å². The maximum Gasteiger partial charge on any atom is 0.408 e. The third-order valence-electron chi connectivity index (χ3n) is 3.84. The van der Waals surface area contributed by atoms with Gasteiger partial charge in [-0.25, -0.2) is 9.59 Å². The molecule has 0 bridgehead atoms. The van der Waals surface area contributed by atoms with Gasteiger partial charge < -0.3 is 20.5 Å². The summed E-state index contributed by atoms with van der Waals surface area (Å²) in [6.07, 6.45) is -0.607. The molecule has 0 heterocycles. The lowest BCUT2D eigenvalue weighted by atomic mass is 10.1. The molecule has 2 aromatic rings. The minimum absolute atomic E-state index is 0.0762. The molecule has 142 valence electrons. The molecule has 0 spiro atoms. The molecule has 2 unspecified atom stereocenters. The summed E-state index contributed by atoms with van der Waals surface area (Å²) in [5, 5.41) is 14.2. The molecule has 0 saturated carbocycles. The van der Waals surface area contributed by atoms with E-state index in [9.17, 15) is 19.5 Å². The van der Waals surface area contributed by atoms with E-state index in [-0.39, 0.29) is 13.0 Å². The zero-order valence-electron chi connectivity index (χ0n) is 14.9. The molecule has 2 atom stereocenters. The molecule has 0 aliphatic heterocycles. The van der Waals surface area contributed by atoms with Crippen molar-refractivity contribution in [2.45, 2.75) is 32.0 Å². The zero-order chi connectivity index (χ0) is 19.6. The molecule has 2 amide bonds. The minimum atomic E-state index is -1.15. The third-order valence-corrected chi connectivity index (χ3v) is 3.84. The molecule has 0 radical (unpaired) electrons. The highest BCUT2D eigenvalue weighted by atomic mass is 16.5. The van der Waals surface area contributed by atoms with Crippen molar-refractivity contribution in [2.24, 2.45) is 0 Å². The Morgan fingerprint density at radius 2 is 1.48 bits per heavy atom. The number of rotatable bonds is 8. The van der Waals surface area contributed by atoms with Crippen LogP contribution in [0.25, 0.3) is 0 Å². The highest BCUT2D eigenvalue weighted by Crippen LogP contribution is 2.04. The van der Waals surface area contributed by atoms with Gasteiger partial charge in [0.2, 0.25) is 5.91 Å². The topological polar surface area (TPSA) is 105 Å². The van der Waals surface area contributed by atoms with Gasteiger partial charge in [-0.15, -0.1) is 0 Å². The molecule has 7 nitrogen and oxygen atoms in total. The van der Waals surface area contributed by atoms with Crippen molar-refractivity contribution in [1.82, 2.24) is 10.6 Å². The van der Waals surface area contributed by atoms with Crippen LogP contribution in [0.4, 0.5) is 4.79 Å². The molecule has 2 rings (SSSR count). The monoisotopic (exact) mass is 370 g/mol. The molecule has 2 aromatic carbocycles. The van der Waals surface area contributed by atoms with Gasteiger partial charge in [0.25, 0.3) is 0 Å². The lowest BCUT2D eigenvalue weighted by Gasteiger charge is -2.18. The Balaban J connectivity index is 1.83. The fourth-order valence-electron chi connectivity index (χ4n) is 2.35. The SMILES string of the molecule is CC(NC(=O)OCc1ccccc1)C(=O)NC(Cc1ccccc1)C(=O)O. The summed E-state index contributed by atoms with van der Waals surface area (Å²) in [5.41, 5.74) is 1.60. The molecule has 27 heavy (non-hydrogen) atoms. The van der Waals surface area contributed by atoms with Crippen LogP contribution in [0.1, 0.15) is 18.1 Å². The summed E-state index contributed by atoms with van der Waals surface area (Å²) >= 11 is 0. The number of nitrogens with one attached hydrogen (secondary N) is 2. The number of hydrogen-bond acceptors (Lipinski definition) is 4. The van der Waals surface area contributed by atoms with Crippen LogP contribution in [0.2, 0.25) is 0 Å². The van der Waals surface area contributed by atoms with Crippen LogP contribution in [0.5, 0.6) is 0 Å². The van der Waals surface area contributed by atoms with E-state index in [0.717, 1.165) is 11.1 Å². The fraction of sp³-hybridized carbons (Fsp3) is 0.250. The van der Waals surface area contributed by atoms with Crippen LogP contribution in [0, 0.1) is 0 Å². The molecule has 0 aliphatic carbocycles. The summed E-state index contributed by atoms with van der Waals surface area (Å²) in [6, 6.07) is 16.1. The second-order valence-corrected chi connectivity index (χ2v) is 6.02. The first-order valence-electron chi connectivity index (χ1n) is 8.50. The van der Waals surface area contributed by atoms with Gasteiger partial charge in [0.05, 0.1) is 0 Å². The van der Waals surface area contributed by atoms with Gasteiger partial charge in [-0.3, -0.25) is 4.79 Å². The van der Waals surface area contributed by atoms with E-state index in [0.29, 0.717) is 0 Å². The van der Waals surface area contributed by atoms with Crippen LogP contribution in [0.3, 0.4) is 0 Å². The standard InChI is InChI=1S/C20H22N2O5/c1-14(21-20(26)27-13-16-10-6-3-7-11-16)18(23)22-17(19(24)25)12-15-8-4-2-5-9-15/h2-11,14,17H,12-13H2,1H3,(H,21,26)(H,22,23)(H,24,25). The van der Waals surface area contributed by atoms with Crippen molar-refractivity contribution < 1.29 is 24.2 Å². The fourth-order valence-corrected chi connectivity index (χ4v) is 2.35. The number of aliphatic carboxylic acids is 1. The lowest BCUT2D eigenvalue weighted by Crippen LogP contribution is -2.51. The Hall–Kier alpha value is -3.35. The van der Waals surface area contributed by atoms with Gasteiger partial charge in [-0.1, -0.05) is 60.7 Å². The van der Waals surface area contributed by atoms with Gasteiger partial charge in [-0.05, 0) is 18.1 Å². The molecule has 0 aromatic heterocycles. The molecule has 0 aliphatic rings. The Morgan fingerprint density at radius 3 is 2.04 bits per heavy atom. The summed E-state index contributed by atoms with van der Waals surface area (Å²) in [6.45, 7) is 1.54. The minimum Gasteiger partial charge on any atom is -0.480 e. The predicted molar refractivity (Wildman–Crippen MR) is 98.9 cm³/mol. The number of carbonyl (C=O) groups is 3. The third kappa shape index (κ3) is 6.81. The number of ether oxygens (including phenoxy) is 1. The second kappa shape index (κ2) is 9.96. The van der Waals surface area contributed by atoms with Gasteiger partial charge in [0, 0.05) is 6.42 Å². The van der Waals surface area contributed by atoms with Crippen LogP contribution >= 0.6 is 0 Å². The first kappa shape index (κ1) is 20.0. The summed E-state index contributed by atoms with van der Waals surface area (Å²) in [5.74, 6) is -1.75. The molecular formula is C20H22N2O5. The number of carbonyl (C=O) groups excluding carboxylic acids is 2. The van der Waals surface area contributed by atoms with Crippen molar-refractivity contribution in [3.8, 4) is 0 Å². The van der Waals surface area contributed by atoms with Crippen molar-refractivity contribution in [1.29, 1.82) is 0 Å². The Bertz CT molecular complexity index is 764. The maximum absolute atomic E-state index is 12.2. The van der Waals surface area contributed by atoms with E-state index in [4.69, 9.17) is 4.74 Å². The van der Waals surface area contributed by atoms with E-state index >= 15 is 0 Å². The normalized spacial score (nSPS) is 12.5. The largest absolute Gasteiger partial charge is 0.480 e. The highest BCUT2D eigenvalue weighted by molar-refractivity contribution is 5.89. The van der Waals surface area contributed by atoms with Crippen molar-refractivity contribution in [3.05, 3.63) is 71.8 Å². The van der Waals surface area contributed by atoms with E-state index in [1.807, 2.05) is 36.4 Å². The maximum atomic E-state index is 12.2. The average molecular weight is 370 g/mol. The molecule has 0 fully saturated rings. The Labute approximate surface area is 157 Å². The van der Waals surface area contributed by atoms with E-state index < -0.39 is 30.1 Å². The number of alkyl carbamates (subject to hydrolysis) is 1. The number of amides is 2. The van der Waals surface area contributed by atoms with Crippen LogP contribution in [-0.2, 0) is 27.4 Å². The number of carboxylic acid groups (broad SMARTS) is 1. The zero-order valence-corrected chi connectivity index (χ0v) is 14.9. The van der Waals surface area contributed by atoms with E-state index in [1.54, 1.807) is 24.3 Å². The first-order chi connectivity index (χ1) is 13.0. The molecule has 0 saturated heterocycles. The molecule has 3 N–H and O–H groups in total. The summed E-state index contributed by atoms with van der Waals surface area (Å²) < 4.78 is 5.05. The number of carboxylic acids is 1. The first-order valence-corrected chi connectivity index (χ1v) is 8.50. The van der Waals surface area contributed by atoms with Gasteiger partial charge >= 0.3 is 12.1 Å². The van der Waals surface area contributed by atoms with Crippen molar-refractivity contribution >= 4 is 18.0 Å². The summed E-state index contributed by atoms with van der Waals surface area (Å²) in [7, 11) is 0. The number of benzene rings is 2. The van der Waals surface area contributed by atoms with E-state index in [1.165, 1.54) is 6.92 Å². The predicted octanol–water partition coefficient (Wildman–Crippen LogP) is 2.11. The van der Waals surface area contributed by atoms with Gasteiger partial charge in [0.1, 0.15) is 18.7 Å².